The molecule has 0 radical (unpaired) electrons. The molecule has 0 spiro atoms. The number of hydrogen-bond acceptors (Lipinski definition) is 1. The van der Waals surface area contributed by atoms with E-state index in [0.29, 0.717) is 11.7 Å². The lowest BCUT2D eigenvalue weighted by Gasteiger charge is -2.44. The van der Waals surface area contributed by atoms with Crippen LogP contribution in [-0.4, -0.2) is 5.11 Å². The first-order valence-corrected chi connectivity index (χ1v) is 7.86. The molecule has 0 amide bonds. The molecule has 20 heavy (non-hydrogen) atoms. The molecule has 0 bridgehead atoms. The van der Waals surface area contributed by atoms with E-state index in [0.717, 1.165) is 5.56 Å². The number of phenols is 1. The van der Waals surface area contributed by atoms with Crippen LogP contribution in [0.25, 0.3) is 6.08 Å². The van der Waals surface area contributed by atoms with Crippen LogP contribution >= 0.6 is 0 Å². The Morgan fingerprint density at radius 1 is 1.10 bits per heavy atom. The standard InChI is InChI=1S/C19H26O/c1-12(2)14-9-13-10-17-18(3,4)7-6-8-19(17,5)15(13)11-16(14)20/h9-12,20H,6-8H2,1-5H3/t19-/m0/s1. The van der Waals surface area contributed by atoms with Crippen LogP contribution in [0.15, 0.2) is 17.7 Å². The van der Waals surface area contributed by atoms with E-state index >= 15 is 0 Å². The van der Waals surface area contributed by atoms with Gasteiger partial charge < -0.3 is 5.11 Å². The summed E-state index contributed by atoms with van der Waals surface area (Å²) in [7, 11) is 0. The third-order valence-corrected chi connectivity index (χ3v) is 5.52. The second kappa shape index (κ2) is 4.13. The van der Waals surface area contributed by atoms with Gasteiger partial charge in [0.2, 0.25) is 0 Å². The molecule has 1 aromatic carbocycles. The molecule has 2 aliphatic carbocycles. The molecule has 1 saturated carbocycles. The van der Waals surface area contributed by atoms with Crippen molar-refractivity contribution in [3.8, 4) is 5.75 Å². The third-order valence-electron chi connectivity index (χ3n) is 5.52. The molecule has 0 aliphatic heterocycles. The molecule has 0 aromatic heterocycles. The van der Waals surface area contributed by atoms with Gasteiger partial charge in [-0.15, -0.1) is 0 Å². The first-order valence-electron chi connectivity index (χ1n) is 7.86. The number of benzene rings is 1. The Labute approximate surface area is 122 Å². The fourth-order valence-corrected chi connectivity index (χ4v) is 4.37. The van der Waals surface area contributed by atoms with Crippen molar-refractivity contribution >= 4 is 6.08 Å². The molecule has 2 aliphatic rings. The Balaban J connectivity index is 2.19. The van der Waals surface area contributed by atoms with E-state index in [9.17, 15) is 5.11 Å². The van der Waals surface area contributed by atoms with Crippen molar-refractivity contribution in [3.05, 3.63) is 34.4 Å². The molecule has 1 atom stereocenters. The summed E-state index contributed by atoms with van der Waals surface area (Å²) in [4.78, 5) is 0. The quantitative estimate of drug-likeness (QED) is 0.726. The van der Waals surface area contributed by atoms with Crippen molar-refractivity contribution in [2.45, 2.75) is 65.2 Å². The zero-order chi connectivity index (χ0) is 14.7. The summed E-state index contributed by atoms with van der Waals surface area (Å²) < 4.78 is 0. The van der Waals surface area contributed by atoms with Crippen LogP contribution in [0.5, 0.6) is 5.75 Å². The fourth-order valence-electron chi connectivity index (χ4n) is 4.37. The summed E-state index contributed by atoms with van der Waals surface area (Å²) in [5.41, 5.74) is 5.71. The summed E-state index contributed by atoms with van der Waals surface area (Å²) in [6, 6.07) is 4.25. The maximum Gasteiger partial charge on any atom is 0.119 e. The fraction of sp³-hybridized carbons (Fsp3) is 0.579. The lowest BCUT2D eigenvalue weighted by Crippen LogP contribution is -2.35. The minimum absolute atomic E-state index is 0.129. The van der Waals surface area contributed by atoms with Crippen LogP contribution in [0, 0.1) is 5.41 Å². The second-order valence-electron chi connectivity index (χ2n) is 7.78. The summed E-state index contributed by atoms with van der Waals surface area (Å²) in [5.74, 6) is 0.833. The van der Waals surface area contributed by atoms with Gasteiger partial charge in [-0.05, 0) is 53.0 Å². The molecular formula is C19H26O. The van der Waals surface area contributed by atoms with E-state index in [1.54, 1.807) is 5.57 Å². The van der Waals surface area contributed by atoms with Gasteiger partial charge >= 0.3 is 0 Å². The van der Waals surface area contributed by atoms with Crippen LogP contribution in [-0.2, 0) is 5.41 Å². The topological polar surface area (TPSA) is 20.2 Å². The van der Waals surface area contributed by atoms with Gasteiger partial charge in [0.15, 0.2) is 0 Å². The monoisotopic (exact) mass is 270 g/mol. The predicted octanol–water partition coefficient (Wildman–Crippen LogP) is 5.38. The number of hydrogen-bond donors (Lipinski definition) is 1. The van der Waals surface area contributed by atoms with E-state index in [1.807, 2.05) is 6.07 Å². The Morgan fingerprint density at radius 3 is 2.45 bits per heavy atom. The lowest BCUT2D eigenvalue weighted by atomic mass is 9.60. The second-order valence-corrected chi connectivity index (χ2v) is 7.78. The van der Waals surface area contributed by atoms with E-state index in [1.165, 1.54) is 30.4 Å². The number of phenolic OH excluding ortho intramolecular Hbond substituents is 1. The highest BCUT2D eigenvalue weighted by molar-refractivity contribution is 5.73. The minimum Gasteiger partial charge on any atom is -0.508 e. The predicted molar refractivity (Wildman–Crippen MR) is 85.2 cm³/mol. The Morgan fingerprint density at radius 2 is 1.80 bits per heavy atom. The molecule has 3 rings (SSSR count). The molecule has 1 aromatic rings. The van der Waals surface area contributed by atoms with Gasteiger partial charge in [0.1, 0.15) is 5.75 Å². The normalized spacial score (nSPS) is 27.2. The van der Waals surface area contributed by atoms with Crippen LogP contribution < -0.4 is 0 Å². The highest BCUT2D eigenvalue weighted by Gasteiger charge is 2.46. The van der Waals surface area contributed by atoms with Gasteiger partial charge in [-0.3, -0.25) is 0 Å². The van der Waals surface area contributed by atoms with Gasteiger partial charge in [-0.1, -0.05) is 52.7 Å². The first kappa shape index (κ1) is 13.7. The average molecular weight is 270 g/mol. The Hall–Kier alpha value is -1.24. The highest BCUT2D eigenvalue weighted by Crippen LogP contribution is 2.57. The molecule has 0 heterocycles. The van der Waals surface area contributed by atoms with Crippen LogP contribution in [0.3, 0.4) is 0 Å². The van der Waals surface area contributed by atoms with Crippen molar-refractivity contribution in [1.29, 1.82) is 0 Å². The third kappa shape index (κ3) is 1.75. The summed E-state index contributed by atoms with van der Waals surface area (Å²) in [6.45, 7) is 11.4. The van der Waals surface area contributed by atoms with Crippen LogP contribution in [0.1, 0.15) is 76.5 Å². The summed E-state index contributed by atoms with van der Waals surface area (Å²) in [5, 5.41) is 10.4. The average Bonchev–Trinajstić information content (AvgIpc) is 2.62. The molecular weight excluding hydrogens is 244 g/mol. The largest absolute Gasteiger partial charge is 0.508 e. The highest BCUT2D eigenvalue weighted by atomic mass is 16.3. The number of aromatic hydroxyl groups is 1. The van der Waals surface area contributed by atoms with E-state index in [-0.39, 0.29) is 10.8 Å². The Bertz CT molecular complexity index is 592. The van der Waals surface area contributed by atoms with E-state index in [2.05, 4.69) is 46.8 Å². The lowest BCUT2D eigenvalue weighted by molar-refractivity contribution is 0.266. The molecule has 1 heteroatoms. The number of rotatable bonds is 1. The maximum absolute atomic E-state index is 10.4. The van der Waals surface area contributed by atoms with Gasteiger partial charge in [-0.2, -0.15) is 0 Å². The van der Waals surface area contributed by atoms with Crippen molar-refractivity contribution in [3.63, 3.8) is 0 Å². The summed E-state index contributed by atoms with van der Waals surface area (Å²) in [6.07, 6.45) is 6.15. The zero-order valence-corrected chi connectivity index (χ0v) is 13.4. The molecule has 108 valence electrons. The molecule has 1 N–H and O–H groups in total. The smallest absolute Gasteiger partial charge is 0.119 e. The number of fused-ring (bicyclic) bond motifs is 3. The van der Waals surface area contributed by atoms with Crippen molar-refractivity contribution in [2.24, 2.45) is 5.41 Å². The summed E-state index contributed by atoms with van der Waals surface area (Å²) >= 11 is 0. The molecule has 1 nitrogen and oxygen atoms in total. The van der Waals surface area contributed by atoms with E-state index < -0.39 is 0 Å². The van der Waals surface area contributed by atoms with Gasteiger partial charge in [0, 0.05) is 5.41 Å². The number of allylic oxidation sites excluding steroid dienone is 1. The van der Waals surface area contributed by atoms with Gasteiger partial charge in [0.05, 0.1) is 0 Å². The van der Waals surface area contributed by atoms with Crippen LogP contribution in [0.4, 0.5) is 0 Å². The van der Waals surface area contributed by atoms with Crippen molar-refractivity contribution in [1.82, 2.24) is 0 Å². The maximum atomic E-state index is 10.4. The van der Waals surface area contributed by atoms with E-state index in [4.69, 9.17) is 0 Å². The van der Waals surface area contributed by atoms with Gasteiger partial charge in [0.25, 0.3) is 0 Å². The van der Waals surface area contributed by atoms with Crippen molar-refractivity contribution < 1.29 is 5.11 Å². The minimum atomic E-state index is 0.129. The SMILES string of the molecule is CC(C)c1cc2c(cc1O)[C@]1(C)CCCC(C)(C)C1=C2. The molecule has 0 saturated heterocycles. The Kier molecular flexibility index (Phi) is 2.83. The zero-order valence-electron chi connectivity index (χ0n) is 13.4. The molecule has 0 unspecified atom stereocenters. The van der Waals surface area contributed by atoms with Gasteiger partial charge in [-0.25, -0.2) is 0 Å². The van der Waals surface area contributed by atoms with Crippen LogP contribution in [0.2, 0.25) is 0 Å². The van der Waals surface area contributed by atoms with Crippen molar-refractivity contribution in [2.75, 3.05) is 0 Å². The first-order chi connectivity index (χ1) is 9.25. The molecule has 1 fully saturated rings.